The number of rotatable bonds is 4. The highest BCUT2D eigenvalue weighted by atomic mass is 32.2. The molecule has 0 spiro atoms. The Bertz CT molecular complexity index is 936. The predicted octanol–water partition coefficient (Wildman–Crippen LogP) is 3.58. The first kappa shape index (κ1) is 17.2. The van der Waals surface area contributed by atoms with Crippen LogP contribution < -0.4 is 5.32 Å². The molecule has 0 atom stereocenters. The zero-order valence-corrected chi connectivity index (χ0v) is 15.1. The van der Waals surface area contributed by atoms with Gasteiger partial charge in [0.05, 0.1) is 5.75 Å². The van der Waals surface area contributed by atoms with E-state index >= 15 is 0 Å². The SMILES string of the molecule is O=C(CSc1nnc2c(n1)[nH]c1ccc(F)cc12)NC1CCCCCC1. The van der Waals surface area contributed by atoms with Gasteiger partial charge in [-0.25, -0.2) is 9.37 Å². The van der Waals surface area contributed by atoms with Crippen LogP contribution in [-0.4, -0.2) is 37.9 Å². The molecular weight excluding hydrogens is 353 g/mol. The smallest absolute Gasteiger partial charge is 0.230 e. The topological polar surface area (TPSA) is 83.6 Å². The Kier molecular flexibility index (Phi) is 5.01. The number of aromatic amines is 1. The lowest BCUT2D eigenvalue weighted by atomic mass is 10.1. The fraction of sp³-hybridized carbons (Fsp3) is 0.444. The summed E-state index contributed by atoms with van der Waals surface area (Å²) in [6.07, 6.45) is 7.01. The van der Waals surface area contributed by atoms with Crippen LogP contribution in [0.4, 0.5) is 4.39 Å². The minimum atomic E-state index is -0.325. The molecule has 1 aromatic carbocycles. The average Bonchev–Trinajstić information content (AvgIpc) is 2.79. The van der Waals surface area contributed by atoms with Crippen molar-refractivity contribution < 1.29 is 9.18 Å². The summed E-state index contributed by atoms with van der Waals surface area (Å²) >= 11 is 1.26. The normalized spacial score (nSPS) is 16.0. The van der Waals surface area contributed by atoms with E-state index in [9.17, 15) is 9.18 Å². The number of halogens is 1. The van der Waals surface area contributed by atoms with Gasteiger partial charge in [0.1, 0.15) is 11.3 Å². The number of hydrogen-bond donors (Lipinski definition) is 2. The van der Waals surface area contributed by atoms with Crippen LogP contribution in [0.15, 0.2) is 23.4 Å². The predicted molar refractivity (Wildman–Crippen MR) is 99.5 cm³/mol. The van der Waals surface area contributed by atoms with E-state index in [1.165, 1.54) is 49.6 Å². The van der Waals surface area contributed by atoms with Crippen LogP contribution in [0.25, 0.3) is 22.1 Å². The summed E-state index contributed by atoms with van der Waals surface area (Å²) < 4.78 is 13.4. The lowest BCUT2D eigenvalue weighted by molar-refractivity contribution is -0.119. The van der Waals surface area contributed by atoms with E-state index in [4.69, 9.17) is 0 Å². The first-order chi connectivity index (χ1) is 12.7. The number of carbonyl (C=O) groups excluding carboxylic acids is 1. The van der Waals surface area contributed by atoms with Gasteiger partial charge in [-0.05, 0) is 31.0 Å². The van der Waals surface area contributed by atoms with Gasteiger partial charge in [-0.15, -0.1) is 10.2 Å². The van der Waals surface area contributed by atoms with Gasteiger partial charge in [-0.1, -0.05) is 37.4 Å². The Morgan fingerprint density at radius 1 is 1.23 bits per heavy atom. The maximum Gasteiger partial charge on any atom is 0.230 e. The quantitative estimate of drug-likeness (QED) is 0.539. The molecule has 0 radical (unpaired) electrons. The van der Waals surface area contributed by atoms with Gasteiger partial charge >= 0.3 is 0 Å². The molecule has 2 N–H and O–H groups in total. The van der Waals surface area contributed by atoms with Crippen LogP contribution in [0.1, 0.15) is 38.5 Å². The molecule has 0 bridgehead atoms. The van der Waals surface area contributed by atoms with Gasteiger partial charge in [-0.3, -0.25) is 4.79 Å². The summed E-state index contributed by atoms with van der Waals surface area (Å²) in [5, 5.41) is 12.4. The zero-order valence-electron chi connectivity index (χ0n) is 14.3. The molecule has 1 aliphatic carbocycles. The fourth-order valence-corrected chi connectivity index (χ4v) is 4.01. The van der Waals surface area contributed by atoms with E-state index in [1.807, 2.05) is 0 Å². The molecule has 1 fully saturated rings. The number of aromatic nitrogens is 4. The maximum absolute atomic E-state index is 13.4. The molecule has 2 heterocycles. The van der Waals surface area contributed by atoms with Gasteiger partial charge in [0.2, 0.25) is 11.1 Å². The molecule has 6 nitrogen and oxygen atoms in total. The number of nitrogens with zero attached hydrogens (tertiary/aromatic N) is 3. The Hall–Kier alpha value is -2.22. The third kappa shape index (κ3) is 3.80. The number of hydrogen-bond acceptors (Lipinski definition) is 5. The van der Waals surface area contributed by atoms with Crippen molar-refractivity contribution in [3.63, 3.8) is 0 Å². The van der Waals surface area contributed by atoms with Gasteiger partial charge in [0, 0.05) is 16.9 Å². The minimum absolute atomic E-state index is 0.00400. The third-order valence-electron chi connectivity index (χ3n) is 4.71. The molecule has 1 saturated carbocycles. The van der Waals surface area contributed by atoms with Crippen molar-refractivity contribution in [2.24, 2.45) is 0 Å². The summed E-state index contributed by atoms with van der Waals surface area (Å²) in [5.74, 6) is -0.0587. The molecule has 8 heteroatoms. The molecular formula is C18H20FN5OS. The summed E-state index contributed by atoms with van der Waals surface area (Å²) in [6.45, 7) is 0. The Balaban J connectivity index is 1.42. The van der Waals surface area contributed by atoms with Crippen molar-refractivity contribution >= 4 is 39.7 Å². The highest BCUT2D eigenvalue weighted by molar-refractivity contribution is 7.99. The summed E-state index contributed by atoms with van der Waals surface area (Å²) in [5.41, 5.74) is 1.84. The highest BCUT2D eigenvalue weighted by Gasteiger charge is 2.16. The second kappa shape index (κ2) is 7.57. The average molecular weight is 373 g/mol. The lowest BCUT2D eigenvalue weighted by Crippen LogP contribution is -2.35. The standard InChI is InChI=1S/C18H20FN5OS/c19-11-7-8-14-13(9-11)16-17(21-14)22-18(24-23-16)26-10-15(25)20-12-5-3-1-2-4-6-12/h7-9,12H,1-6,10H2,(H,20,25)(H,21,22,24). The zero-order chi connectivity index (χ0) is 17.9. The Morgan fingerprint density at radius 2 is 2.04 bits per heavy atom. The second-order valence-corrected chi connectivity index (χ2v) is 7.59. The Morgan fingerprint density at radius 3 is 2.85 bits per heavy atom. The van der Waals surface area contributed by atoms with Gasteiger partial charge in [0.15, 0.2) is 5.65 Å². The number of amides is 1. The largest absolute Gasteiger partial charge is 0.353 e. The van der Waals surface area contributed by atoms with E-state index in [0.717, 1.165) is 18.4 Å². The molecule has 26 heavy (non-hydrogen) atoms. The van der Waals surface area contributed by atoms with Crippen LogP contribution in [0.3, 0.4) is 0 Å². The number of fused-ring (bicyclic) bond motifs is 3. The lowest BCUT2D eigenvalue weighted by Gasteiger charge is -2.15. The third-order valence-corrected chi connectivity index (χ3v) is 5.55. The number of nitrogens with one attached hydrogen (secondary N) is 2. The van der Waals surface area contributed by atoms with Crippen molar-refractivity contribution in [3.8, 4) is 0 Å². The molecule has 3 aromatic rings. The maximum atomic E-state index is 13.4. The summed E-state index contributed by atoms with van der Waals surface area (Å²) in [7, 11) is 0. The van der Waals surface area contributed by atoms with Crippen molar-refractivity contribution in [1.29, 1.82) is 0 Å². The van der Waals surface area contributed by atoms with E-state index in [0.29, 0.717) is 21.7 Å². The molecule has 136 valence electrons. The van der Waals surface area contributed by atoms with Crippen LogP contribution in [0.2, 0.25) is 0 Å². The van der Waals surface area contributed by atoms with Crippen molar-refractivity contribution in [2.45, 2.75) is 49.7 Å². The van der Waals surface area contributed by atoms with Crippen LogP contribution in [-0.2, 0) is 4.79 Å². The van der Waals surface area contributed by atoms with Crippen LogP contribution >= 0.6 is 11.8 Å². The Labute approximate surface area is 154 Å². The molecule has 2 aromatic heterocycles. The van der Waals surface area contributed by atoms with Gasteiger partial charge in [0.25, 0.3) is 0 Å². The monoisotopic (exact) mass is 373 g/mol. The van der Waals surface area contributed by atoms with Crippen LogP contribution in [0.5, 0.6) is 0 Å². The van der Waals surface area contributed by atoms with Gasteiger partial charge < -0.3 is 10.3 Å². The molecule has 1 aliphatic rings. The first-order valence-corrected chi connectivity index (χ1v) is 9.91. The summed E-state index contributed by atoms with van der Waals surface area (Å²) in [4.78, 5) is 19.7. The van der Waals surface area contributed by atoms with Gasteiger partial charge in [-0.2, -0.15) is 0 Å². The number of benzene rings is 1. The minimum Gasteiger partial charge on any atom is -0.353 e. The molecule has 0 saturated heterocycles. The molecule has 0 unspecified atom stereocenters. The van der Waals surface area contributed by atoms with E-state index in [-0.39, 0.29) is 23.5 Å². The summed E-state index contributed by atoms with van der Waals surface area (Å²) in [6, 6.07) is 4.74. The number of H-pyrrole nitrogens is 1. The fourth-order valence-electron chi connectivity index (χ4n) is 3.41. The molecule has 0 aliphatic heterocycles. The molecule has 1 amide bonds. The number of thioether (sulfide) groups is 1. The van der Waals surface area contributed by atoms with Crippen molar-refractivity contribution in [2.75, 3.05) is 5.75 Å². The van der Waals surface area contributed by atoms with Crippen LogP contribution in [0, 0.1) is 5.82 Å². The van der Waals surface area contributed by atoms with E-state index < -0.39 is 0 Å². The highest BCUT2D eigenvalue weighted by Crippen LogP contribution is 2.24. The van der Waals surface area contributed by atoms with E-state index in [1.54, 1.807) is 6.07 Å². The van der Waals surface area contributed by atoms with Crippen molar-refractivity contribution in [1.82, 2.24) is 25.5 Å². The molecule has 4 rings (SSSR count). The number of carbonyl (C=O) groups is 1. The second-order valence-electron chi connectivity index (χ2n) is 6.65. The first-order valence-electron chi connectivity index (χ1n) is 8.93. The van der Waals surface area contributed by atoms with Crippen molar-refractivity contribution in [3.05, 3.63) is 24.0 Å². The van der Waals surface area contributed by atoms with E-state index in [2.05, 4.69) is 25.5 Å².